The highest BCUT2D eigenvalue weighted by Crippen LogP contribution is 2.09. The lowest BCUT2D eigenvalue weighted by atomic mass is 9.98. The summed E-state index contributed by atoms with van der Waals surface area (Å²) in [6, 6.07) is 0. The Labute approximate surface area is 92.0 Å². The van der Waals surface area contributed by atoms with Crippen molar-refractivity contribution >= 4 is 5.91 Å². The first-order valence-corrected chi connectivity index (χ1v) is 5.74. The van der Waals surface area contributed by atoms with Crippen molar-refractivity contribution in [1.29, 1.82) is 0 Å². The number of unbranched alkanes of at least 4 members (excludes halogenated alkanes) is 1. The number of hydrogen-bond donors (Lipinski definition) is 2. The van der Waals surface area contributed by atoms with E-state index in [1.807, 2.05) is 0 Å². The van der Waals surface area contributed by atoms with Gasteiger partial charge in [-0.25, -0.2) is 0 Å². The van der Waals surface area contributed by atoms with Gasteiger partial charge in [-0.05, 0) is 38.3 Å². The molecule has 1 heterocycles. The minimum absolute atomic E-state index is 0.142. The zero-order valence-electron chi connectivity index (χ0n) is 9.22. The normalized spacial score (nSPS) is 17.0. The molecule has 1 aliphatic rings. The summed E-state index contributed by atoms with van der Waals surface area (Å²) in [6.45, 7) is 2.99. The topological polar surface area (TPSA) is 41.1 Å². The third-order valence-electron chi connectivity index (χ3n) is 2.77. The number of terminal acetylenes is 1. The SMILES string of the molecule is C#CCCCC(=O)NCC1CCNCC1. The molecule has 0 bridgehead atoms. The number of rotatable bonds is 5. The Bertz CT molecular complexity index is 226. The van der Waals surface area contributed by atoms with Crippen molar-refractivity contribution in [3.05, 3.63) is 0 Å². The van der Waals surface area contributed by atoms with Crippen LogP contribution in [0.15, 0.2) is 0 Å². The van der Waals surface area contributed by atoms with Gasteiger partial charge in [-0.3, -0.25) is 4.79 Å². The quantitative estimate of drug-likeness (QED) is 0.521. The molecule has 84 valence electrons. The molecule has 0 aliphatic carbocycles. The number of nitrogens with one attached hydrogen (secondary N) is 2. The molecule has 0 unspecified atom stereocenters. The van der Waals surface area contributed by atoms with Crippen molar-refractivity contribution in [2.45, 2.75) is 32.1 Å². The highest BCUT2D eigenvalue weighted by Gasteiger charge is 2.13. The molecule has 3 heteroatoms. The van der Waals surface area contributed by atoms with Crippen molar-refractivity contribution in [2.24, 2.45) is 5.92 Å². The van der Waals surface area contributed by atoms with Gasteiger partial charge < -0.3 is 10.6 Å². The average molecular weight is 208 g/mol. The Morgan fingerprint density at radius 1 is 1.47 bits per heavy atom. The number of piperidine rings is 1. The van der Waals surface area contributed by atoms with E-state index in [0.29, 0.717) is 18.8 Å². The predicted molar refractivity (Wildman–Crippen MR) is 61.3 cm³/mol. The van der Waals surface area contributed by atoms with Crippen LogP contribution in [0.1, 0.15) is 32.1 Å². The molecule has 0 radical (unpaired) electrons. The van der Waals surface area contributed by atoms with Gasteiger partial charge in [-0.2, -0.15) is 0 Å². The summed E-state index contributed by atoms with van der Waals surface area (Å²) >= 11 is 0. The van der Waals surface area contributed by atoms with Crippen LogP contribution < -0.4 is 10.6 Å². The van der Waals surface area contributed by atoms with E-state index >= 15 is 0 Å². The molecule has 2 N–H and O–H groups in total. The molecular weight excluding hydrogens is 188 g/mol. The second kappa shape index (κ2) is 7.30. The van der Waals surface area contributed by atoms with Crippen LogP contribution in [0.4, 0.5) is 0 Å². The van der Waals surface area contributed by atoms with E-state index in [9.17, 15) is 4.79 Å². The summed E-state index contributed by atoms with van der Waals surface area (Å²) in [5.74, 6) is 3.34. The van der Waals surface area contributed by atoms with Gasteiger partial charge in [0.2, 0.25) is 5.91 Å². The van der Waals surface area contributed by atoms with Crippen LogP contribution in [-0.2, 0) is 4.79 Å². The molecule has 0 spiro atoms. The molecule has 1 saturated heterocycles. The molecule has 0 aromatic heterocycles. The highest BCUT2D eigenvalue weighted by atomic mass is 16.1. The molecule has 0 aromatic rings. The number of carbonyl (C=O) groups excluding carboxylic acids is 1. The Hall–Kier alpha value is -1.01. The van der Waals surface area contributed by atoms with Gasteiger partial charge in [-0.15, -0.1) is 12.3 Å². The second-order valence-corrected chi connectivity index (χ2v) is 4.06. The molecule has 1 aliphatic heterocycles. The van der Waals surface area contributed by atoms with E-state index in [1.54, 1.807) is 0 Å². The highest BCUT2D eigenvalue weighted by molar-refractivity contribution is 5.75. The summed E-state index contributed by atoms with van der Waals surface area (Å²) in [4.78, 5) is 11.4. The number of hydrogen-bond acceptors (Lipinski definition) is 2. The first kappa shape index (κ1) is 12.1. The third kappa shape index (κ3) is 5.44. The van der Waals surface area contributed by atoms with Gasteiger partial charge in [-0.1, -0.05) is 0 Å². The average Bonchev–Trinajstić information content (AvgIpc) is 2.28. The fraction of sp³-hybridized carbons (Fsp3) is 0.750. The lowest BCUT2D eigenvalue weighted by molar-refractivity contribution is -0.121. The fourth-order valence-electron chi connectivity index (χ4n) is 1.78. The predicted octanol–water partition coefficient (Wildman–Crippen LogP) is 0.906. The van der Waals surface area contributed by atoms with E-state index in [0.717, 1.165) is 26.1 Å². The number of carbonyl (C=O) groups is 1. The summed E-state index contributed by atoms with van der Waals surface area (Å²) in [7, 11) is 0. The molecule has 1 rings (SSSR count). The summed E-state index contributed by atoms with van der Waals surface area (Å²) < 4.78 is 0. The zero-order chi connectivity index (χ0) is 10.9. The minimum Gasteiger partial charge on any atom is -0.356 e. The molecule has 0 atom stereocenters. The van der Waals surface area contributed by atoms with Crippen LogP contribution in [0.3, 0.4) is 0 Å². The van der Waals surface area contributed by atoms with E-state index < -0.39 is 0 Å². The first-order valence-electron chi connectivity index (χ1n) is 5.74. The Kier molecular flexibility index (Phi) is 5.87. The third-order valence-corrected chi connectivity index (χ3v) is 2.77. The molecular formula is C12H20N2O. The van der Waals surface area contributed by atoms with Gasteiger partial charge in [0.05, 0.1) is 0 Å². The van der Waals surface area contributed by atoms with Crippen molar-refractivity contribution in [3.8, 4) is 12.3 Å². The Morgan fingerprint density at radius 2 is 2.20 bits per heavy atom. The lowest BCUT2D eigenvalue weighted by Gasteiger charge is -2.22. The van der Waals surface area contributed by atoms with Crippen LogP contribution in [0.5, 0.6) is 0 Å². The van der Waals surface area contributed by atoms with Crippen LogP contribution in [0.2, 0.25) is 0 Å². The number of amides is 1. The maximum Gasteiger partial charge on any atom is 0.220 e. The maximum atomic E-state index is 11.4. The molecule has 0 saturated carbocycles. The van der Waals surface area contributed by atoms with Crippen molar-refractivity contribution < 1.29 is 4.79 Å². The van der Waals surface area contributed by atoms with Gasteiger partial charge in [0, 0.05) is 19.4 Å². The minimum atomic E-state index is 0.142. The van der Waals surface area contributed by atoms with E-state index in [4.69, 9.17) is 6.42 Å². The van der Waals surface area contributed by atoms with Crippen molar-refractivity contribution in [3.63, 3.8) is 0 Å². The molecule has 1 fully saturated rings. The van der Waals surface area contributed by atoms with Gasteiger partial charge >= 0.3 is 0 Å². The van der Waals surface area contributed by atoms with Crippen LogP contribution in [0.25, 0.3) is 0 Å². The largest absolute Gasteiger partial charge is 0.356 e. The second-order valence-electron chi connectivity index (χ2n) is 4.06. The van der Waals surface area contributed by atoms with Crippen molar-refractivity contribution in [1.82, 2.24) is 10.6 Å². The van der Waals surface area contributed by atoms with E-state index in [1.165, 1.54) is 12.8 Å². The Morgan fingerprint density at radius 3 is 2.87 bits per heavy atom. The maximum absolute atomic E-state index is 11.4. The van der Waals surface area contributed by atoms with Gasteiger partial charge in [0.25, 0.3) is 0 Å². The molecule has 15 heavy (non-hydrogen) atoms. The Balaban J connectivity index is 2.03. The van der Waals surface area contributed by atoms with Crippen LogP contribution in [0, 0.1) is 18.3 Å². The molecule has 0 aromatic carbocycles. The standard InChI is InChI=1S/C12H20N2O/c1-2-3-4-5-12(15)14-10-11-6-8-13-9-7-11/h1,11,13H,3-10H2,(H,14,15). The van der Waals surface area contributed by atoms with Gasteiger partial charge in [0.15, 0.2) is 0 Å². The first-order chi connectivity index (χ1) is 7.33. The summed E-state index contributed by atoms with van der Waals surface area (Å²) in [5.41, 5.74) is 0. The zero-order valence-corrected chi connectivity index (χ0v) is 9.22. The van der Waals surface area contributed by atoms with E-state index in [-0.39, 0.29) is 5.91 Å². The summed E-state index contributed by atoms with van der Waals surface area (Å²) in [6.07, 6.45) is 9.52. The smallest absolute Gasteiger partial charge is 0.220 e. The van der Waals surface area contributed by atoms with Gasteiger partial charge in [0.1, 0.15) is 0 Å². The lowest BCUT2D eigenvalue weighted by Crippen LogP contribution is -2.35. The van der Waals surface area contributed by atoms with Crippen LogP contribution in [-0.4, -0.2) is 25.5 Å². The van der Waals surface area contributed by atoms with E-state index in [2.05, 4.69) is 16.6 Å². The monoisotopic (exact) mass is 208 g/mol. The summed E-state index contributed by atoms with van der Waals surface area (Å²) in [5, 5.41) is 6.29. The molecule has 1 amide bonds. The van der Waals surface area contributed by atoms with Crippen molar-refractivity contribution in [2.75, 3.05) is 19.6 Å². The fourth-order valence-corrected chi connectivity index (χ4v) is 1.78. The molecule has 3 nitrogen and oxygen atoms in total. The van der Waals surface area contributed by atoms with Crippen LogP contribution >= 0.6 is 0 Å².